The molecule has 0 saturated heterocycles. The van der Waals surface area contributed by atoms with Crippen molar-refractivity contribution in [2.75, 3.05) is 0 Å². The molecule has 0 saturated carbocycles. The van der Waals surface area contributed by atoms with Crippen molar-refractivity contribution in [3.8, 4) is 11.8 Å². The molecule has 0 fully saturated rings. The van der Waals surface area contributed by atoms with Gasteiger partial charge < -0.3 is 10.4 Å². The Hall–Kier alpha value is -1.29. The number of nitrogens with zero attached hydrogens (tertiary/aromatic N) is 1. The summed E-state index contributed by atoms with van der Waals surface area (Å²) in [6.07, 6.45) is 0.535. The molecule has 1 atom stereocenters. The van der Waals surface area contributed by atoms with Gasteiger partial charge in [0.2, 0.25) is 0 Å². The summed E-state index contributed by atoms with van der Waals surface area (Å²) >= 11 is 2.05. The van der Waals surface area contributed by atoms with Crippen LogP contribution in [0, 0.1) is 14.9 Å². The molecule has 1 aromatic carbocycles. The van der Waals surface area contributed by atoms with Crippen molar-refractivity contribution in [1.29, 1.82) is 5.26 Å². The maximum absolute atomic E-state index is 11.7. The number of rotatable bonds is 3. The van der Waals surface area contributed by atoms with E-state index >= 15 is 0 Å². The van der Waals surface area contributed by atoms with Crippen LogP contribution in [0.15, 0.2) is 18.2 Å². The van der Waals surface area contributed by atoms with E-state index in [1.54, 1.807) is 12.1 Å². The number of phenolic OH excluding ortho intramolecular Hbond substituents is 1. The predicted molar refractivity (Wildman–Crippen MR) is 68.0 cm³/mol. The molecule has 0 aliphatic rings. The molecular formula is C11H11IN2O2. The van der Waals surface area contributed by atoms with Crippen LogP contribution in [0.3, 0.4) is 0 Å². The van der Waals surface area contributed by atoms with Gasteiger partial charge in [-0.15, -0.1) is 0 Å². The minimum absolute atomic E-state index is 0.0780. The van der Waals surface area contributed by atoms with Crippen LogP contribution in [0.1, 0.15) is 23.7 Å². The summed E-state index contributed by atoms with van der Waals surface area (Å²) in [5.74, 6) is -0.505. The fourth-order valence-electron chi connectivity index (χ4n) is 1.15. The SMILES string of the molecule is CC[C@H](C#N)NC(=O)c1cc(I)ccc1O. The normalized spacial score (nSPS) is 11.6. The molecule has 0 aliphatic carbocycles. The van der Waals surface area contributed by atoms with Gasteiger partial charge in [0.25, 0.3) is 5.91 Å². The summed E-state index contributed by atoms with van der Waals surface area (Å²) < 4.78 is 0.852. The fraction of sp³-hybridized carbons (Fsp3) is 0.273. The summed E-state index contributed by atoms with van der Waals surface area (Å²) in [5, 5.41) is 20.8. The van der Waals surface area contributed by atoms with E-state index in [0.29, 0.717) is 6.42 Å². The molecule has 0 spiro atoms. The quantitative estimate of drug-likeness (QED) is 0.833. The average Bonchev–Trinajstić information content (AvgIpc) is 2.28. The highest BCUT2D eigenvalue weighted by Crippen LogP contribution is 2.19. The number of amides is 1. The van der Waals surface area contributed by atoms with Gasteiger partial charge in [-0.1, -0.05) is 6.92 Å². The van der Waals surface area contributed by atoms with E-state index in [4.69, 9.17) is 5.26 Å². The lowest BCUT2D eigenvalue weighted by Gasteiger charge is -2.10. The standard InChI is InChI=1S/C11H11IN2O2/c1-2-8(6-13)14-11(16)9-5-7(12)3-4-10(9)15/h3-5,8,15H,2H2,1H3,(H,14,16)/t8-/m1/s1. The third-order valence-electron chi connectivity index (χ3n) is 2.07. The molecular weight excluding hydrogens is 319 g/mol. The number of benzene rings is 1. The van der Waals surface area contributed by atoms with Crippen LogP contribution < -0.4 is 5.32 Å². The molecule has 0 bridgehead atoms. The first-order valence-electron chi connectivity index (χ1n) is 4.77. The van der Waals surface area contributed by atoms with Crippen LogP contribution >= 0.6 is 22.6 Å². The number of aromatic hydroxyl groups is 1. The molecule has 16 heavy (non-hydrogen) atoms. The van der Waals surface area contributed by atoms with Gasteiger partial charge in [0.1, 0.15) is 11.8 Å². The smallest absolute Gasteiger partial charge is 0.256 e. The number of hydrogen-bond acceptors (Lipinski definition) is 3. The molecule has 0 aromatic heterocycles. The van der Waals surface area contributed by atoms with Crippen molar-refractivity contribution in [3.63, 3.8) is 0 Å². The highest BCUT2D eigenvalue weighted by atomic mass is 127. The lowest BCUT2D eigenvalue weighted by atomic mass is 10.1. The Morgan fingerprint density at radius 3 is 2.94 bits per heavy atom. The maximum Gasteiger partial charge on any atom is 0.256 e. The number of nitriles is 1. The van der Waals surface area contributed by atoms with Gasteiger partial charge in [0.05, 0.1) is 11.6 Å². The number of nitrogens with one attached hydrogen (secondary N) is 1. The Labute approximate surface area is 107 Å². The average molecular weight is 330 g/mol. The second kappa shape index (κ2) is 5.70. The van der Waals surface area contributed by atoms with Gasteiger partial charge in [-0.25, -0.2) is 0 Å². The summed E-state index contributed by atoms with van der Waals surface area (Å²) in [6, 6.07) is 6.19. The van der Waals surface area contributed by atoms with Crippen molar-refractivity contribution in [2.24, 2.45) is 0 Å². The first-order valence-corrected chi connectivity index (χ1v) is 5.85. The van der Waals surface area contributed by atoms with Gasteiger partial charge in [0, 0.05) is 3.57 Å². The minimum atomic E-state index is -0.523. The summed E-state index contributed by atoms with van der Waals surface area (Å²) in [5.41, 5.74) is 0.195. The van der Waals surface area contributed by atoms with Crippen LogP contribution in [0.2, 0.25) is 0 Å². The second-order valence-electron chi connectivity index (χ2n) is 3.22. The lowest BCUT2D eigenvalue weighted by Crippen LogP contribution is -2.33. The molecule has 0 radical (unpaired) electrons. The molecule has 0 aliphatic heterocycles. The number of halogens is 1. The Morgan fingerprint density at radius 2 is 2.38 bits per heavy atom. The monoisotopic (exact) mass is 330 g/mol. The Morgan fingerprint density at radius 1 is 1.69 bits per heavy atom. The minimum Gasteiger partial charge on any atom is -0.507 e. The van der Waals surface area contributed by atoms with Crippen LogP contribution in [-0.4, -0.2) is 17.1 Å². The topological polar surface area (TPSA) is 73.1 Å². The maximum atomic E-state index is 11.7. The molecule has 0 unspecified atom stereocenters. The summed E-state index contributed by atoms with van der Waals surface area (Å²) in [4.78, 5) is 11.7. The number of carbonyl (C=O) groups is 1. The van der Waals surface area contributed by atoms with Crippen molar-refractivity contribution < 1.29 is 9.90 Å². The van der Waals surface area contributed by atoms with Crippen LogP contribution in [-0.2, 0) is 0 Å². The van der Waals surface area contributed by atoms with E-state index in [9.17, 15) is 9.90 Å². The Kier molecular flexibility index (Phi) is 4.55. The van der Waals surface area contributed by atoms with Gasteiger partial charge >= 0.3 is 0 Å². The Bertz CT molecular complexity index is 440. The van der Waals surface area contributed by atoms with Crippen LogP contribution in [0.25, 0.3) is 0 Å². The van der Waals surface area contributed by atoms with Crippen molar-refractivity contribution in [1.82, 2.24) is 5.32 Å². The fourth-order valence-corrected chi connectivity index (χ4v) is 1.64. The first kappa shape index (κ1) is 12.8. The third-order valence-corrected chi connectivity index (χ3v) is 2.74. The summed E-state index contributed by atoms with van der Waals surface area (Å²) in [7, 11) is 0. The van der Waals surface area contributed by atoms with E-state index in [-0.39, 0.29) is 11.3 Å². The lowest BCUT2D eigenvalue weighted by molar-refractivity contribution is 0.0942. The van der Waals surface area contributed by atoms with E-state index in [0.717, 1.165) is 3.57 Å². The molecule has 2 N–H and O–H groups in total. The van der Waals surface area contributed by atoms with Crippen molar-refractivity contribution in [3.05, 3.63) is 27.3 Å². The van der Waals surface area contributed by atoms with Gasteiger partial charge in [-0.2, -0.15) is 5.26 Å². The zero-order chi connectivity index (χ0) is 12.1. The van der Waals surface area contributed by atoms with Gasteiger partial charge in [-0.3, -0.25) is 4.79 Å². The molecule has 1 amide bonds. The molecule has 5 heteroatoms. The third kappa shape index (κ3) is 3.10. The second-order valence-corrected chi connectivity index (χ2v) is 4.47. The zero-order valence-corrected chi connectivity index (χ0v) is 10.9. The van der Waals surface area contributed by atoms with Crippen LogP contribution in [0.4, 0.5) is 0 Å². The molecule has 0 heterocycles. The molecule has 84 valence electrons. The number of carbonyl (C=O) groups excluding carboxylic acids is 1. The molecule has 4 nitrogen and oxygen atoms in total. The van der Waals surface area contributed by atoms with Crippen molar-refractivity contribution in [2.45, 2.75) is 19.4 Å². The van der Waals surface area contributed by atoms with E-state index in [2.05, 4.69) is 27.9 Å². The summed E-state index contributed by atoms with van der Waals surface area (Å²) in [6.45, 7) is 1.81. The van der Waals surface area contributed by atoms with E-state index in [1.807, 2.05) is 13.0 Å². The largest absolute Gasteiger partial charge is 0.507 e. The number of phenols is 1. The highest BCUT2D eigenvalue weighted by Gasteiger charge is 2.14. The van der Waals surface area contributed by atoms with E-state index in [1.165, 1.54) is 6.07 Å². The molecule has 1 aromatic rings. The van der Waals surface area contributed by atoms with Gasteiger partial charge in [-0.05, 0) is 47.2 Å². The number of hydrogen-bond donors (Lipinski definition) is 2. The van der Waals surface area contributed by atoms with Crippen molar-refractivity contribution >= 4 is 28.5 Å². The molecule has 1 rings (SSSR count). The van der Waals surface area contributed by atoms with Gasteiger partial charge in [0.15, 0.2) is 0 Å². The Balaban J connectivity index is 2.89. The highest BCUT2D eigenvalue weighted by molar-refractivity contribution is 14.1. The van der Waals surface area contributed by atoms with Crippen LogP contribution in [0.5, 0.6) is 5.75 Å². The zero-order valence-electron chi connectivity index (χ0n) is 8.70. The first-order chi connectivity index (χ1) is 7.58. The van der Waals surface area contributed by atoms with E-state index < -0.39 is 11.9 Å². The predicted octanol–water partition coefficient (Wildman–Crippen LogP) is 2.03.